The van der Waals surface area contributed by atoms with Crippen molar-refractivity contribution in [2.75, 3.05) is 11.5 Å². The zero-order chi connectivity index (χ0) is 23.8. The van der Waals surface area contributed by atoms with Crippen LogP contribution in [0, 0.1) is 0 Å². The van der Waals surface area contributed by atoms with E-state index in [4.69, 9.17) is 16.2 Å². The number of rotatable bonds is 4. The second kappa shape index (κ2) is 8.54. The van der Waals surface area contributed by atoms with Gasteiger partial charge in [0.05, 0.1) is 0 Å². The van der Waals surface area contributed by atoms with Crippen molar-refractivity contribution in [3.63, 3.8) is 0 Å². The van der Waals surface area contributed by atoms with Crippen LogP contribution in [0.3, 0.4) is 0 Å². The van der Waals surface area contributed by atoms with Crippen molar-refractivity contribution in [3.8, 4) is 33.8 Å². The van der Waals surface area contributed by atoms with Gasteiger partial charge in [-0.05, 0) is 35.0 Å². The first-order valence-corrected chi connectivity index (χ1v) is 11.6. The van der Waals surface area contributed by atoms with Crippen LogP contribution in [0.1, 0.15) is 0 Å². The Bertz CT molecular complexity index is 1580. The third-order valence-corrected chi connectivity index (χ3v) is 6.47. The molecule has 0 saturated heterocycles. The predicted octanol–water partition coefficient (Wildman–Crippen LogP) is 8.28. The topological polar surface area (TPSA) is 61.3 Å². The highest BCUT2D eigenvalue weighted by molar-refractivity contribution is 6.00. The summed E-state index contributed by atoms with van der Waals surface area (Å²) in [5.74, 6) is 1.54. The molecule has 0 atom stereocenters. The number of benzene rings is 6. The van der Waals surface area contributed by atoms with E-state index in [1.54, 1.807) is 0 Å². The van der Waals surface area contributed by atoms with E-state index in [-0.39, 0.29) is 0 Å². The number of para-hydroxylation sites is 2. The zero-order valence-electron chi connectivity index (χ0n) is 19.1. The lowest BCUT2D eigenvalue weighted by atomic mass is 9.96. The van der Waals surface area contributed by atoms with Gasteiger partial charge < -0.3 is 16.2 Å². The summed E-state index contributed by atoms with van der Waals surface area (Å²) in [5.41, 5.74) is 18.0. The first-order valence-electron chi connectivity index (χ1n) is 11.6. The van der Waals surface area contributed by atoms with Crippen molar-refractivity contribution >= 4 is 32.9 Å². The van der Waals surface area contributed by atoms with Gasteiger partial charge in [0.25, 0.3) is 0 Å². The summed E-state index contributed by atoms with van der Waals surface area (Å²) in [6, 6.07) is 40.7. The summed E-state index contributed by atoms with van der Waals surface area (Å²) < 4.78 is 6.97. The van der Waals surface area contributed by atoms with Crippen molar-refractivity contribution in [2.45, 2.75) is 0 Å². The molecule has 0 aliphatic rings. The Balaban J connectivity index is 1.67. The lowest BCUT2D eigenvalue weighted by Crippen LogP contribution is -1.97. The molecule has 0 unspecified atom stereocenters. The molecule has 0 spiro atoms. The first kappa shape index (κ1) is 20.8. The molecule has 35 heavy (non-hydrogen) atoms. The first-order chi connectivity index (χ1) is 17.2. The summed E-state index contributed by atoms with van der Waals surface area (Å²) in [6.07, 6.45) is 0. The van der Waals surface area contributed by atoms with Gasteiger partial charge in [-0.1, -0.05) is 97.1 Å². The van der Waals surface area contributed by atoms with Crippen LogP contribution in [0.2, 0.25) is 0 Å². The van der Waals surface area contributed by atoms with Crippen LogP contribution in [0.5, 0.6) is 11.5 Å². The minimum absolute atomic E-state index is 0.707. The van der Waals surface area contributed by atoms with Gasteiger partial charge in [-0.2, -0.15) is 0 Å². The lowest BCUT2D eigenvalue weighted by molar-refractivity contribution is 0.497. The number of nitrogens with two attached hydrogens (primary N) is 2. The van der Waals surface area contributed by atoms with Gasteiger partial charge in [-0.15, -0.1) is 0 Å². The van der Waals surface area contributed by atoms with E-state index < -0.39 is 0 Å². The average Bonchev–Trinajstić information content (AvgIpc) is 2.90. The minimum Gasteiger partial charge on any atom is -0.455 e. The van der Waals surface area contributed by atoms with Crippen molar-refractivity contribution in [2.24, 2.45) is 0 Å². The SMILES string of the molecule is Nc1ccccc1-c1ccc2ccccc2c1Oc1c(-c2ccccc2N)ccc2ccccc12. The molecule has 6 aromatic rings. The van der Waals surface area contributed by atoms with Crippen molar-refractivity contribution < 1.29 is 4.74 Å². The molecule has 0 amide bonds. The van der Waals surface area contributed by atoms with E-state index in [9.17, 15) is 0 Å². The summed E-state index contributed by atoms with van der Waals surface area (Å²) in [6.45, 7) is 0. The number of hydrogen-bond donors (Lipinski definition) is 2. The summed E-state index contributed by atoms with van der Waals surface area (Å²) >= 11 is 0. The fourth-order valence-corrected chi connectivity index (χ4v) is 4.72. The minimum atomic E-state index is 0.707. The average molecular weight is 453 g/mol. The lowest BCUT2D eigenvalue weighted by Gasteiger charge is -2.20. The molecule has 3 heteroatoms. The largest absolute Gasteiger partial charge is 0.455 e. The normalized spacial score (nSPS) is 11.1. The molecular formula is C32H24N2O. The molecule has 0 heterocycles. The van der Waals surface area contributed by atoms with E-state index in [1.807, 2.05) is 72.8 Å². The molecule has 0 radical (unpaired) electrons. The fourth-order valence-electron chi connectivity index (χ4n) is 4.72. The van der Waals surface area contributed by atoms with Crippen molar-refractivity contribution in [3.05, 3.63) is 121 Å². The Morgan fingerprint density at radius 1 is 0.371 bits per heavy atom. The van der Waals surface area contributed by atoms with Gasteiger partial charge in [0, 0.05) is 44.4 Å². The van der Waals surface area contributed by atoms with Gasteiger partial charge in [-0.3, -0.25) is 0 Å². The zero-order valence-corrected chi connectivity index (χ0v) is 19.1. The maximum absolute atomic E-state index is 6.97. The molecule has 4 N–H and O–H groups in total. The predicted molar refractivity (Wildman–Crippen MR) is 148 cm³/mol. The van der Waals surface area contributed by atoms with Crippen LogP contribution in [-0.2, 0) is 0 Å². The standard InChI is InChI=1S/C32H24N2O/c33-29-15-7-5-13-25(29)27-19-17-21-9-1-3-11-23(21)31(27)35-32-24-12-4-2-10-22(24)18-20-28(32)26-14-6-8-16-30(26)34/h1-20H,33-34H2. The van der Waals surface area contributed by atoms with Gasteiger partial charge in [-0.25, -0.2) is 0 Å². The molecule has 0 fully saturated rings. The summed E-state index contributed by atoms with van der Waals surface area (Å²) in [5, 5.41) is 4.24. The second-order valence-corrected chi connectivity index (χ2v) is 8.60. The van der Waals surface area contributed by atoms with Crippen LogP contribution >= 0.6 is 0 Å². The Kier molecular flexibility index (Phi) is 5.08. The molecule has 6 rings (SSSR count). The Labute approximate surface area is 204 Å². The maximum Gasteiger partial charge on any atom is 0.143 e. The van der Waals surface area contributed by atoms with E-state index in [2.05, 4.69) is 48.5 Å². The van der Waals surface area contributed by atoms with Gasteiger partial charge in [0.1, 0.15) is 11.5 Å². The molecular weight excluding hydrogens is 428 g/mol. The third-order valence-electron chi connectivity index (χ3n) is 6.47. The second-order valence-electron chi connectivity index (χ2n) is 8.60. The van der Waals surface area contributed by atoms with Crippen LogP contribution < -0.4 is 16.2 Å². The fraction of sp³-hybridized carbons (Fsp3) is 0. The highest BCUT2D eigenvalue weighted by atomic mass is 16.5. The Morgan fingerprint density at radius 2 is 0.771 bits per heavy atom. The van der Waals surface area contributed by atoms with E-state index >= 15 is 0 Å². The molecule has 0 bridgehead atoms. The van der Waals surface area contributed by atoms with Crippen LogP contribution in [0.25, 0.3) is 43.8 Å². The number of hydrogen-bond acceptors (Lipinski definition) is 3. The van der Waals surface area contributed by atoms with E-state index in [1.165, 1.54) is 0 Å². The van der Waals surface area contributed by atoms with Crippen molar-refractivity contribution in [1.29, 1.82) is 0 Å². The molecule has 0 saturated carbocycles. The monoisotopic (exact) mass is 452 g/mol. The summed E-state index contributed by atoms with van der Waals surface area (Å²) in [4.78, 5) is 0. The van der Waals surface area contributed by atoms with E-state index in [0.29, 0.717) is 11.4 Å². The van der Waals surface area contributed by atoms with Crippen molar-refractivity contribution in [1.82, 2.24) is 0 Å². The maximum atomic E-state index is 6.97. The quantitative estimate of drug-likeness (QED) is 0.265. The molecule has 168 valence electrons. The molecule has 0 aliphatic heterocycles. The van der Waals surface area contributed by atoms with Crippen LogP contribution in [0.4, 0.5) is 11.4 Å². The van der Waals surface area contributed by atoms with Gasteiger partial charge >= 0.3 is 0 Å². The molecule has 0 aliphatic carbocycles. The number of nitrogen functional groups attached to an aromatic ring is 2. The van der Waals surface area contributed by atoms with Crippen LogP contribution in [-0.4, -0.2) is 0 Å². The third kappa shape index (κ3) is 3.64. The van der Waals surface area contributed by atoms with Gasteiger partial charge in [0.15, 0.2) is 0 Å². The molecule has 3 nitrogen and oxygen atoms in total. The Morgan fingerprint density at radius 3 is 1.23 bits per heavy atom. The van der Waals surface area contributed by atoms with Crippen LogP contribution in [0.15, 0.2) is 121 Å². The smallest absolute Gasteiger partial charge is 0.143 e. The molecule has 0 aromatic heterocycles. The molecule has 6 aromatic carbocycles. The summed E-state index contributed by atoms with van der Waals surface area (Å²) in [7, 11) is 0. The number of anilines is 2. The highest BCUT2D eigenvalue weighted by Gasteiger charge is 2.19. The van der Waals surface area contributed by atoms with E-state index in [0.717, 1.165) is 55.3 Å². The number of fused-ring (bicyclic) bond motifs is 2. The van der Waals surface area contributed by atoms with Gasteiger partial charge in [0.2, 0.25) is 0 Å². The number of ether oxygens (including phenoxy) is 1. The highest BCUT2D eigenvalue weighted by Crippen LogP contribution is 2.46. The Hall–Kier alpha value is -4.76.